The van der Waals surface area contributed by atoms with Gasteiger partial charge in [-0.3, -0.25) is 14.3 Å². The second-order valence-corrected chi connectivity index (χ2v) is 9.92. The molecule has 0 unspecified atom stereocenters. The first-order valence-corrected chi connectivity index (χ1v) is 11.5. The fourth-order valence-corrected chi connectivity index (χ4v) is 6.88. The van der Waals surface area contributed by atoms with Crippen LogP contribution < -0.4 is 5.32 Å². The number of amides is 1. The molecule has 4 aliphatic carbocycles. The normalized spacial score (nSPS) is 29.7. The van der Waals surface area contributed by atoms with Crippen LogP contribution in [-0.4, -0.2) is 36.9 Å². The average molecular weight is 410 g/mol. The van der Waals surface area contributed by atoms with Gasteiger partial charge in [0.2, 0.25) is 5.91 Å². The number of thioether (sulfide) groups is 1. The van der Waals surface area contributed by atoms with E-state index in [1.165, 1.54) is 50.3 Å². The highest BCUT2D eigenvalue weighted by molar-refractivity contribution is 7.99. The van der Waals surface area contributed by atoms with E-state index in [-0.39, 0.29) is 11.4 Å². The predicted octanol–water partition coefficient (Wildman–Crippen LogP) is 3.70. The molecule has 6 rings (SSSR count). The number of hydrogen-bond acceptors (Lipinski definition) is 5. The SMILES string of the molecule is C=CCn1c(SCC(=O)NC23CC4CC(CC(C4)C2)C3)nnc1-c1ccncc1. The minimum Gasteiger partial charge on any atom is -0.350 e. The summed E-state index contributed by atoms with van der Waals surface area (Å²) in [6.07, 6.45) is 13.0. The molecule has 0 radical (unpaired) electrons. The Morgan fingerprint density at radius 2 is 1.83 bits per heavy atom. The van der Waals surface area contributed by atoms with Gasteiger partial charge in [0.15, 0.2) is 11.0 Å². The molecule has 6 nitrogen and oxygen atoms in total. The molecule has 2 heterocycles. The molecule has 0 atom stereocenters. The van der Waals surface area contributed by atoms with Crippen LogP contribution in [0.4, 0.5) is 0 Å². The highest BCUT2D eigenvalue weighted by Crippen LogP contribution is 2.55. The van der Waals surface area contributed by atoms with Gasteiger partial charge in [0.05, 0.1) is 5.75 Å². The van der Waals surface area contributed by atoms with E-state index < -0.39 is 0 Å². The van der Waals surface area contributed by atoms with Gasteiger partial charge < -0.3 is 5.32 Å². The van der Waals surface area contributed by atoms with Gasteiger partial charge in [0.25, 0.3) is 0 Å². The molecule has 29 heavy (non-hydrogen) atoms. The Morgan fingerprint density at radius 3 is 2.45 bits per heavy atom. The number of hydrogen-bond donors (Lipinski definition) is 1. The van der Waals surface area contributed by atoms with Gasteiger partial charge >= 0.3 is 0 Å². The molecule has 7 heteroatoms. The molecular formula is C22H27N5OS. The van der Waals surface area contributed by atoms with E-state index in [0.717, 1.165) is 34.3 Å². The largest absolute Gasteiger partial charge is 0.350 e. The standard InChI is InChI=1S/C22H27N5OS/c1-2-7-27-20(18-3-5-23-6-4-18)25-26-21(27)29-14-19(28)24-22-11-15-8-16(12-22)10-17(9-15)13-22/h2-6,15-17H,1,7-14H2,(H,24,28). The molecule has 2 aromatic rings. The van der Waals surface area contributed by atoms with E-state index in [1.54, 1.807) is 12.4 Å². The minimum absolute atomic E-state index is 0.0589. The van der Waals surface area contributed by atoms with Crippen molar-refractivity contribution in [3.63, 3.8) is 0 Å². The quantitative estimate of drug-likeness (QED) is 0.558. The maximum absolute atomic E-state index is 12.8. The molecule has 4 fully saturated rings. The molecule has 2 aromatic heterocycles. The highest BCUT2D eigenvalue weighted by Gasteiger charge is 2.51. The fraction of sp³-hybridized carbons (Fsp3) is 0.545. The Balaban J connectivity index is 1.26. The van der Waals surface area contributed by atoms with E-state index >= 15 is 0 Å². The van der Waals surface area contributed by atoms with Gasteiger partial charge in [-0.05, 0) is 68.4 Å². The highest BCUT2D eigenvalue weighted by atomic mass is 32.2. The van der Waals surface area contributed by atoms with Crippen LogP contribution in [0.25, 0.3) is 11.4 Å². The third-order valence-corrected chi connectivity index (χ3v) is 7.71. The number of carbonyl (C=O) groups is 1. The van der Waals surface area contributed by atoms with E-state index in [9.17, 15) is 4.79 Å². The van der Waals surface area contributed by atoms with Crippen LogP contribution in [0, 0.1) is 17.8 Å². The topological polar surface area (TPSA) is 72.7 Å². The van der Waals surface area contributed by atoms with Crippen molar-refractivity contribution in [1.29, 1.82) is 0 Å². The van der Waals surface area contributed by atoms with Crippen LogP contribution in [0.1, 0.15) is 38.5 Å². The number of nitrogens with zero attached hydrogens (tertiary/aromatic N) is 4. The number of nitrogens with one attached hydrogen (secondary N) is 1. The summed E-state index contributed by atoms with van der Waals surface area (Å²) in [6, 6.07) is 3.83. The third kappa shape index (κ3) is 3.72. The van der Waals surface area contributed by atoms with Crippen LogP contribution in [-0.2, 0) is 11.3 Å². The zero-order chi connectivity index (χ0) is 19.8. The van der Waals surface area contributed by atoms with Crippen LogP contribution in [0.5, 0.6) is 0 Å². The summed E-state index contributed by atoms with van der Waals surface area (Å²) < 4.78 is 2.00. The molecule has 1 N–H and O–H groups in total. The Labute approximate surface area is 175 Å². The maximum atomic E-state index is 12.8. The lowest BCUT2D eigenvalue weighted by molar-refractivity contribution is -0.124. The Hall–Kier alpha value is -2.15. The van der Waals surface area contributed by atoms with Crippen LogP contribution in [0.3, 0.4) is 0 Å². The van der Waals surface area contributed by atoms with Crippen LogP contribution in [0.2, 0.25) is 0 Å². The van der Waals surface area contributed by atoms with E-state index in [4.69, 9.17) is 0 Å². The molecule has 4 saturated carbocycles. The molecule has 0 spiro atoms. The monoisotopic (exact) mass is 409 g/mol. The Bertz CT molecular complexity index is 874. The van der Waals surface area contributed by atoms with Gasteiger partial charge in [-0.25, -0.2) is 0 Å². The number of carbonyl (C=O) groups excluding carboxylic acids is 1. The van der Waals surface area contributed by atoms with Crippen molar-refractivity contribution in [3.8, 4) is 11.4 Å². The average Bonchev–Trinajstić information content (AvgIpc) is 3.08. The van der Waals surface area contributed by atoms with Crippen LogP contribution >= 0.6 is 11.8 Å². The number of pyridine rings is 1. The second kappa shape index (κ2) is 7.59. The van der Waals surface area contributed by atoms with Crippen molar-refractivity contribution in [2.24, 2.45) is 17.8 Å². The molecule has 4 bridgehead atoms. The summed E-state index contributed by atoms with van der Waals surface area (Å²) in [7, 11) is 0. The van der Waals surface area contributed by atoms with Crippen molar-refractivity contribution in [2.75, 3.05) is 5.75 Å². The second-order valence-electron chi connectivity index (χ2n) is 8.98. The molecule has 0 aliphatic heterocycles. The first kappa shape index (κ1) is 18.9. The summed E-state index contributed by atoms with van der Waals surface area (Å²) in [6.45, 7) is 4.45. The minimum atomic E-state index is 0.0589. The number of allylic oxidation sites excluding steroid dienone is 1. The van der Waals surface area contributed by atoms with Crippen molar-refractivity contribution >= 4 is 17.7 Å². The zero-order valence-electron chi connectivity index (χ0n) is 16.6. The van der Waals surface area contributed by atoms with Crippen molar-refractivity contribution in [1.82, 2.24) is 25.1 Å². The smallest absolute Gasteiger partial charge is 0.230 e. The lowest BCUT2D eigenvalue weighted by atomic mass is 9.53. The van der Waals surface area contributed by atoms with Crippen LogP contribution in [0.15, 0.2) is 42.3 Å². The molecule has 0 saturated heterocycles. The molecule has 4 aliphatic rings. The van der Waals surface area contributed by atoms with Crippen molar-refractivity contribution in [3.05, 3.63) is 37.2 Å². The lowest BCUT2D eigenvalue weighted by Crippen LogP contribution is -2.60. The van der Waals surface area contributed by atoms with Gasteiger partial charge in [0.1, 0.15) is 0 Å². The number of rotatable bonds is 7. The van der Waals surface area contributed by atoms with Gasteiger partial charge in [-0.15, -0.1) is 16.8 Å². The summed E-state index contributed by atoms with van der Waals surface area (Å²) in [5, 5.41) is 12.9. The zero-order valence-corrected chi connectivity index (χ0v) is 17.4. The van der Waals surface area contributed by atoms with E-state index in [0.29, 0.717) is 12.3 Å². The van der Waals surface area contributed by atoms with E-state index in [2.05, 4.69) is 27.1 Å². The van der Waals surface area contributed by atoms with Gasteiger partial charge in [-0.1, -0.05) is 17.8 Å². The summed E-state index contributed by atoms with van der Waals surface area (Å²) >= 11 is 1.45. The van der Waals surface area contributed by atoms with Crippen molar-refractivity contribution < 1.29 is 4.79 Å². The Morgan fingerprint density at radius 1 is 1.17 bits per heavy atom. The summed E-state index contributed by atoms with van der Waals surface area (Å²) in [5.41, 5.74) is 1.02. The third-order valence-electron chi connectivity index (χ3n) is 6.74. The first-order valence-electron chi connectivity index (χ1n) is 10.5. The van der Waals surface area contributed by atoms with E-state index in [1.807, 2.05) is 22.8 Å². The molecule has 152 valence electrons. The lowest BCUT2D eigenvalue weighted by Gasteiger charge is -2.56. The predicted molar refractivity (Wildman–Crippen MR) is 113 cm³/mol. The summed E-state index contributed by atoms with van der Waals surface area (Å²) in [5.74, 6) is 3.74. The maximum Gasteiger partial charge on any atom is 0.230 e. The number of aromatic nitrogens is 4. The molecular weight excluding hydrogens is 382 g/mol. The van der Waals surface area contributed by atoms with Gasteiger partial charge in [0, 0.05) is 30.0 Å². The summed E-state index contributed by atoms with van der Waals surface area (Å²) in [4.78, 5) is 16.9. The van der Waals surface area contributed by atoms with Crippen molar-refractivity contribution in [2.45, 2.75) is 55.8 Å². The first-order chi connectivity index (χ1) is 14.1. The fourth-order valence-electron chi connectivity index (χ4n) is 6.13. The molecule has 0 aromatic carbocycles. The molecule has 1 amide bonds. The van der Waals surface area contributed by atoms with Gasteiger partial charge in [-0.2, -0.15) is 0 Å². The Kier molecular flexibility index (Phi) is 4.94.